The number of hydrogen-bond donors (Lipinski definition) is 1. The van der Waals surface area contributed by atoms with Crippen LogP contribution in [-0.2, 0) is 9.53 Å². The number of hydrogen-bond acceptors (Lipinski definition) is 3. The topological polar surface area (TPSA) is 49.8 Å². The van der Waals surface area contributed by atoms with Crippen molar-refractivity contribution in [2.75, 3.05) is 26.2 Å². The summed E-state index contributed by atoms with van der Waals surface area (Å²) >= 11 is 0. The summed E-state index contributed by atoms with van der Waals surface area (Å²) in [6.45, 7) is 13.5. The Morgan fingerprint density at radius 3 is 2.26 bits per heavy atom. The molecule has 0 aromatic rings. The zero-order valence-electron chi connectivity index (χ0n) is 13.2. The minimum Gasteiger partial charge on any atom is -0.481 e. The van der Waals surface area contributed by atoms with Crippen LogP contribution < -0.4 is 0 Å². The molecule has 0 spiro atoms. The Morgan fingerprint density at radius 2 is 1.79 bits per heavy atom. The Hall–Kier alpha value is -0.610. The molecular formula is C15H31NO3. The molecule has 0 heterocycles. The van der Waals surface area contributed by atoms with Crippen LogP contribution >= 0.6 is 0 Å². The summed E-state index contributed by atoms with van der Waals surface area (Å²) in [6.07, 6.45) is 2.34. The lowest BCUT2D eigenvalue weighted by Crippen LogP contribution is -2.34. The van der Waals surface area contributed by atoms with Gasteiger partial charge in [0.2, 0.25) is 0 Å². The third-order valence-electron chi connectivity index (χ3n) is 3.05. The molecule has 0 aliphatic heterocycles. The molecule has 1 atom stereocenters. The SMILES string of the molecule is CC(C)CCN(CCCOC(C)C)CC(C)C(=O)O. The van der Waals surface area contributed by atoms with E-state index in [2.05, 4.69) is 18.7 Å². The van der Waals surface area contributed by atoms with Gasteiger partial charge in [0.1, 0.15) is 0 Å². The lowest BCUT2D eigenvalue weighted by Gasteiger charge is -2.25. The highest BCUT2D eigenvalue weighted by atomic mass is 16.5. The fraction of sp³-hybridized carbons (Fsp3) is 0.933. The normalized spacial score (nSPS) is 13.5. The van der Waals surface area contributed by atoms with E-state index in [1.54, 1.807) is 6.92 Å². The van der Waals surface area contributed by atoms with Crippen LogP contribution in [0, 0.1) is 11.8 Å². The van der Waals surface area contributed by atoms with Gasteiger partial charge in [0, 0.05) is 19.7 Å². The van der Waals surface area contributed by atoms with Gasteiger partial charge in [-0.15, -0.1) is 0 Å². The molecule has 4 heteroatoms. The minimum atomic E-state index is -0.715. The number of nitrogens with zero attached hydrogens (tertiary/aromatic N) is 1. The molecule has 0 saturated heterocycles. The van der Waals surface area contributed by atoms with Gasteiger partial charge in [0.05, 0.1) is 12.0 Å². The standard InChI is InChI=1S/C15H31NO3/c1-12(2)7-9-16(11-14(5)15(17)18)8-6-10-19-13(3)4/h12-14H,6-11H2,1-5H3,(H,17,18). The van der Waals surface area contributed by atoms with Gasteiger partial charge in [0.15, 0.2) is 0 Å². The van der Waals surface area contributed by atoms with E-state index in [0.717, 1.165) is 32.5 Å². The summed E-state index contributed by atoms with van der Waals surface area (Å²) in [4.78, 5) is 13.2. The Balaban J connectivity index is 4.06. The van der Waals surface area contributed by atoms with Crippen molar-refractivity contribution in [2.45, 2.75) is 53.6 Å². The largest absolute Gasteiger partial charge is 0.481 e. The lowest BCUT2D eigenvalue weighted by molar-refractivity contribution is -0.141. The first kappa shape index (κ1) is 18.4. The Morgan fingerprint density at radius 1 is 1.16 bits per heavy atom. The molecule has 4 nitrogen and oxygen atoms in total. The summed E-state index contributed by atoms with van der Waals surface area (Å²) in [5, 5.41) is 9.00. The number of carboxylic acids is 1. The van der Waals surface area contributed by atoms with Gasteiger partial charge < -0.3 is 14.7 Å². The van der Waals surface area contributed by atoms with Gasteiger partial charge in [-0.05, 0) is 39.2 Å². The zero-order valence-corrected chi connectivity index (χ0v) is 13.2. The molecule has 0 rings (SSSR count). The molecule has 0 aliphatic carbocycles. The van der Waals surface area contributed by atoms with Crippen LogP contribution in [0.4, 0.5) is 0 Å². The van der Waals surface area contributed by atoms with Gasteiger partial charge in [-0.3, -0.25) is 4.79 Å². The third-order valence-corrected chi connectivity index (χ3v) is 3.05. The number of aliphatic carboxylic acids is 1. The summed E-state index contributed by atoms with van der Waals surface area (Å²) in [5.41, 5.74) is 0. The number of carboxylic acid groups (broad SMARTS) is 1. The molecule has 114 valence electrons. The summed E-state index contributed by atoms with van der Waals surface area (Å²) in [7, 11) is 0. The quantitative estimate of drug-likeness (QED) is 0.588. The minimum absolute atomic E-state index is 0.266. The van der Waals surface area contributed by atoms with Crippen molar-refractivity contribution in [3.8, 4) is 0 Å². The van der Waals surface area contributed by atoms with E-state index in [0.29, 0.717) is 12.5 Å². The van der Waals surface area contributed by atoms with Crippen molar-refractivity contribution in [1.82, 2.24) is 4.90 Å². The predicted octanol–water partition coefficient (Wildman–Crippen LogP) is 2.87. The fourth-order valence-electron chi connectivity index (χ4n) is 1.81. The molecule has 0 aromatic heterocycles. The van der Waals surface area contributed by atoms with Crippen LogP contribution in [-0.4, -0.2) is 48.3 Å². The van der Waals surface area contributed by atoms with E-state index in [9.17, 15) is 4.79 Å². The predicted molar refractivity (Wildman–Crippen MR) is 78.4 cm³/mol. The fourth-order valence-corrected chi connectivity index (χ4v) is 1.81. The van der Waals surface area contributed by atoms with E-state index in [1.807, 2.05) is 13.8 Å². The molecule has 19 heavy (non-hydrogen) atoms. The third kappa shape index (κ3) is 11.0. The molecule has 1 unspecified atom stereocenters. The molecule has 0 saturated carbocycles. The Labute approximate surface area is 118 Å². The molecule has 0 radical (unpaired) electrons. The molecule has 0 fully saturated rings. The van der Waals surface area contributed by atoms with Crippen molar-refractivity contribution in [3.05, 3.63) is 0 Å². The van der Waals surface area contributed by atoms with Crippen molar-refractivity contribution in [2.24, 2.45) is 11.8 Å². The van der Waals surface area contributed by atoms with E-state index < -0.39 is 5.97 Å². The van der Waals surface area contributed by atoms with Crippen molar-refractivity contribution in [3.63, 3.8) is 0 Å². The number of carbonyl (C=O) groups is 1. The van der Waals surface area contributed by atoms with Crippen molar-refractivity contribution >= 4 is 5.97 Å². The Bertz CT molecular complexity index is 242. The van der Waals surface area contributed by atoms with Gasteiger partial charge in [0.25, 0.3) is 0 Å². The van der Waals surface area contributed by atoms with Crippen LogP contribution in [0.1, 0.15) is 47.5 Å². The highest BCUT2D eigenvalue weighted by Gasteiger charge is 2.16. The van der Waals surface area contributed by atoms with E-state index in [4.69, 9.17) is 9.84 Å². The van der Waals surface area contributed by atoms with Crippen LogP contribution in [0.15, 0.2) is 0 Å². The van der Waals surface area contributed by atoms with E-state index in [-0.39, 0.29) is 12.0 Å². The molecule has 0 bridgehead atoms. The first-order valence-corrected chi connectivity index (χ1v) is 7.39. The monoisotopic (exact) mass is 273 g/mol. The molecule has 1 N–H and O–H groups in total. The maximum atomic E-state index is 10.9. The second kappa shape index (κ2) is 10.2. The summed E-state index contributed by atoms with van der Waals surface area (Å²) in [5.74, 6) is -0.374. The van der Waals surface area contributed by atoms with Crippen LogP contribution in [0.2, 0.25) is 0 Å². The van der Waals surface area contributed by atoms with Gasteiger partial charge in [-0.25, -0.2) is 0 Å². The van der Waals surface area contributed by atoms with Crippen LogP contribution in [0.3, 0.4) is 0 Å². The van der Waals surface area contributed by atoms with Crippen LogP contribution in [0.25, 0.3) is 0 Å². The molecule has 0 aromatic carbocycles. The first-order chi connectivity index (χ1) is 8.82. The first-order valence-electron chi connectivity index (χ1n) is 7.39. The van der Waals surface area contributed by atoms with Gasteiger partial charge in [-0.2, -0.15) is 0 Å². The average molecular weight is 273 g/mol. The number of ether oxygens (including phenoxy) is 1. The zero-order chi connectivity index (χ0) is 14.8. The second-order valence-corrected chi connectivity index (χ2v) is 6.00. The van der Waals surface area contributed by atoms with Crippen molar-refractivity contribution < 1.29 is 14.6 Å². The highest BCUT2D eigenvalue weighted by molar-refractivity contribution is 5.69. The maximum Gasteiger partial charge on any atom is 0.307 e. The highest BCUT2D eigenvalue weighted by Crippen LogP contribution is 2.07. The summed E-state index contributed by atoms with van der Waals surface area (Å²) < 4.78 is 5.53. The van der Waals surface area contributed by atoms with Crippen LogP contribution in [0.5, 0.6) is 0 Å². The Kier molecular flexibility index (Phi) is 9.88. The smallest absolute Gasteiger partial charge is 0.307 e. The summed E-state index contributed by atoms with van der Waals surface area (Å²) in [6, 6.07) is 0. The molecule has 0 amide bonds. The lowest BCUT2D eigenvalue weighted by atomic mass is 10.1. The molecule has 0 aliphatic rings. The van der Waals surface area contributed by atoms with E-state index in [1.165, 1.54) is 0 Å². The second-order valence-electron chi connectivity index (χ2n) is 6.00. The average Bonchev–Trinajstić information content (AvgIpc) is 2.30. The van der Waals surface area contributed by atoms with E-state index >= 15 is 0 Å². The van der Waals surface area contributed by atoms with Gasteiger partial charge in [-0.1, -0.05) is 20.8 Å². The van der Waals surface area contributed by atoms with Gasteiger partial charge >= 0.3 is 5.97 Å². The van der Waals surface area contributed by atoms with Crippen molar-refractivity contribution in [1.29, 1.82) is 0 Å². The molecular weight excluding hydrogens is 242 g/mol. The number of rotatable bonds is 11. The maximum absolute atomic E-state index is 10.9.